The van der Waals surface area contributed by atoms with Crippen LogP contribution in [0.1, 0.15) is 43.0 Å². The van der Waals surface area contributed by atoms with Crippen molar-refractivity contribution in [2.45, 2.75) is 38.1 Å². The first kappa shape index (κ1) is 13.0. The predicted octanol–water partition coefficient (Wildman–Crippen LogP) is 1.75. The fraction of sp³-hybridized carbons (Fsp3) is 0.571. The van der Waals surface area contributed by atoms with Gasteiger partial charge in [0.2, 0.25) is 0 Å². The zero-order valence-corrected chi connectivity index (χ0v) is 10.7. The van der Waals surface area contributed by atoms with E-state index in [1.54, 1.807) is 24.5 Å². The standard InChI is InChI=1S/C14H20N2O2/c1-11-2-6-14(10-17,7-3-11)16-13(18)12-4-8-15-9-5-12/h4-5,8-9,11,17H,2-3,6-7,10H2,1H3,(H,16,18). The lowest BCUT2D eigenvalue weighted by Crippen LogP contribution is -2.53. The zero-order chi connectivity index (χ0) is 13.0. The van der Waals surface area contributed by atoms with Gasteiger partial charge in [0.1, 0.15) is 0 Å². The highest BCUT2D eigenvalue weighted by molar-refractivity contribution is 5.94. The maximum absolute atomic E-state index is 12.1. The first-order valence-electron chi connectivity index (χ1n) is 6.49. The molecule has 0 aliphatic heterocycles. The molecule has 0 saturated heterocycles. The van der Waals surface area contributed by atoms with E-state index in [-0.39, 0.29) is 12.5 Å². The maximum Gasteiger partial charge on any atom is 0.251 e. The van der Waals surface area contributed by atoms with Crippen LogP contribution in [-0.2, 0) is 0 Å². The fourth-order valence-corrected chi connectivity index (χ4v) is 2.45. The topological polar surface area (TPSA) is 62.2 Å². The minimum absolute atomic E-state index is 0.0105. The Morgan fingerprint density at radius 2 is 2.06 bits per heavy atom. The molecule has 0 atom stereocenters. The summed E-state index contributed by atoms with van der Waals surface area (Å²) in [5.41, 5.74) is 0.156. The molecular weight excluding hydrogens is 228 g/mol. The Morgan fingerprint density at radius 3 is 2.61 bits per heavy atom. The van der Waals surface area contributed by atoms with Crippen LogP contribution in [0.4, 0.5) is 0 Å². The van der Waals surface area contributed by atoms with Crippen LogP contribution in [0.5, 0.6) is 0 Å². The Labute approximate surface area is 107 Å². The number of carbonyl (C=O) groups is 1. The van der Waals surface area contributed by atoms with Crippen LogP contribution < -0.4 is 5.32 Å². The van der Waals surface area contributed by atoms with Crippen LogP contribution in [0.3, 0.4) is 0 Å². The van der Waals surface area contributed by atoms with Gasteiger partial charge in [0.05, 0.1) is 12.1 Å². The number of aliphatic hydroxyl groups is 1. The molecule has 1 fully saturated rings. The average molecular weight is 248 g/mol. The van der Waals surface area contributed by atoms with E-state index < -0.39 is 5.54 Å². The van der Waals surface area contributed by atoms with Crippen molar-refractivity contribution >= 4 is 5.91 Å². The highest BCUT2D eigenvalue weighted by Gasteiger charge is 2.35. The van der Waals surface area contributed by atoms with Crippen molar-refractivity contribution in [2.75, 3.05) is 6.61 Å². The molecule has 1 aliphatic rings. The Bertz CT molecular complexity index is 398. The van der Waals surface area contributed by atoms with Gasteiger partial charge in [-0.25, -0.2) is 0 Å². The number of nitrogens with one attached hydrogen (secondary N) is 1. The highest BCUT2D eigenvalue weighted by atomic mass is 16.3. The quantitative estimate of drug-likeness (QED) is 0.856. The third kappa shape index (κ3) is 2.88. The van der Waals surface area contributed by atoms with Gasteiger partial charge in [0.15, 0.2) is 0 Å². The van der Waals surface area contributed by atoms with Crippen molar-refractivity contribution < 1.29 is 9.90 Å². The molecule has 1 aromatic rings. The van der Waals surface area contributed by atoms with Crippen LogP contribution in [0.2, 0.25) is 0 Å². The van der Waals surface area contributed by atoms with Gasteiger partial charge in [-0.1, -0.05) is 6.92 Å². The number of hydrogen-bond donors (Lipinski definition) is 2. The van der Waals surface area contributed by atoms with Gasteiger partial charge in [0.25, 0.3) is 5.91 Å². The van der Waals surface area contributed by atoms with Crippen molar-refractivity contribution in [3.8, 4) is 0 Å². The second-order valence-corrected chi connectivity index (χ2v) is 5.31. The number of pyridine rings is 1. The summed E-state index contributed by atoms with van der Waals surface area (Å²) >= 11 is 0. The number of rotatable bonds is 3. The number of aromatic nitrogens is 1. The first-order chi connectivity index (χ1) is 8.65. The van der Waals surface area contributed by atoms with Gasteiger partial charge < -0.3 is 10.4 Å². The molecule has 4 heteroatoms. The van der Waals surface area contributed by atoms with Crippen molar-refractivity contribution in [1.82, 2.24) is 10.3 Å². The molecule has 0 aromatic carbocycles. The lowest BCUT2D eigenvalue weighted by Gasteiger charge is -2.38. The lowest BCUT2D eigenvalue weighted by molar-refractivity contribution is 0.0717. The molecule has 1 heterocycles. The van der Waals surface area contributed by atoms with E-state index in [1.807, 2.05) is 0 Å². The third-order valence-corrected chi connectivity index (χ3v) is 3.86. The largest absolute Gasteiger partial charge is 0.394 e. The second kappa shape index (κ2) is 5.48. The third-order valence-electron chi connectivity index (χ3n) is 3.86. The number of aliphatic hydroxyl groups excluding tert-OH is 1. The van der Waals surface area contributed by atoms with E-state index in [0.29, 0.717) is 11.5 Å². The molecule has 1 aromatic heterocycles. The SMILES string of the molecule is CC1CCC(CO)(NC(=O)c2ccncc2)CC1. The van der Waals surface area contributed by atoms with Crippen molar-refractivity contribution in [1.29, 1.82) is 0 Å². The summed E-state index contributed by atoms with van der Waals surface area (Å²) in [5.74, 6) is 0.559. The molecule has 0 spiro atoms. The Balaban J connectivity index is 2.05. The predicted molar refractivity (Wildman–Crippen MR) is 69.2 cm³/mol. The van der Waals surface area contributed by atoms with Crippen molar-refractivity contribution in [2.24, 2.45) is 5.92 Å². The number of nitrogens with zero attached hydrogens (tertiary/aromatic N) is 1. The smallest absolute Gasteiger partial charge is 0.251 e. The Hall–Kier alpha value is -1.42. The summed E-state index contributed by atoms with van der Waals surface area (Å²) in [6.45, 7) is 2.22. The summed E-state index contributed by atoms with van der Waals surface area (Å²) in [6.07, 6.45) is 7.00. The molecule has 98 valence electrons. The van der Waals surface area contributed by atoms with Crippen LogP contribution >= 0.6 is 0 Å². The van der Waals surface area contributed by atoms with Gasteiger partial charge in [-0.2, -0.15) is 0 Å². The number of carbonyl (C=O) groups excluding carboxylic acids is 1. The summed E-state index contributed by atoms with van der Waals surface area (Å²) in [5, 5.41) is 12.6. The van der Waals surface area contributed by atoms with Gasteiger partial charge in [0, 0.05) is 18.0 Å². The molecule has 0 unspecified atom stereocenters. The normalized spacial score (nSPS) is 27.8. The van der Waals surface area contributed by atoms with Crippen molar-refractivity contribution in [3.05, 3.63) is 30.1 Å². The molecule has 0 bridgehead atoms. The van der Waals surface area contributed by atoms with E-state index in [1.165, 1.54) is 0 Å². The second-order valence-electron chi connectivity index (χ2n) is 5.31. The molecule has 0 radical (unpaired) electrons. The molecule has 2 rings (SSSR count). The van der Waals surface area contributed by atoms with E-state index >= 15 is 0 Å². The average Bonchev–Trinajstić information content (AvgIpc) is 2.43. The van der Waals surface area contributed by atoms with Crippen molar-refractivity contribution in [3.63, 3.8) is 0 Å². The minimum Gasteiger partial charge on any atom is -0.394 e. The van der Waals surface area contributed by atoms with E-state index in [4.69, 9.17) is 0 Å². The summed E-state index contributed by atoms with van der Waals surface area (Å²) in [4.78, 5) is 16.0. The summed E-state index contributed by atoms with van der Waals surface area (Å²) < 4.78 is 0. The monoisotopic (exact) mass is 248 g/mol. The molecule has 4 nitrogen and oxygen atoms in total. The number of hydrogen-bond acceptors (Lipinski definition) is 3. The Morgan fingerprint density at radius 1 is 1.44 bits per heavy atom. The fourth-order valence-electron chi connectivity index (χ4n) is 2.45. The molecule has 1 amide bonds. The number of amides is 1. The van der Waals surface area contributed by atoms with E-state index in [2.05, 4.69) is 17.2 Å². The van der Waals surface area contributed by atoms with Gasteiger partial charge in [-0.3, -0.25) is 9.78 Å². The Kier molecular flexibility index (Phi) is 3.97. The van der Waals surface area contributed by atoms with E-state index in [0.717, 1.165) is 25.7 Å². The van der Waals surface area contributed by atoms with Gasteiger partial charge >= 0.3 is 0 Å². The van der Waals surface area contributed by atoms with Gasteiger partial charge in [-0.15, -0.1) is 0 Å². The van der Waals surface area contributed by atoms with Gasteiger partial charge in [-0.05, 0) is 43.7 Å². The summed E-state index contributed by atoms with van der Waals surface area (Å²) in [7, 11) is 0. The molecular formula is C14H20N2O2. The lowest BCUT2D eigenvalue weighted by atomic mass is 9.77. The van der Waals surface area contributed by atoms with Crippen LogP contribution in [0.25, 0.3) is 0 Å². The highest BCUT2D eigenvalue weighted by Crippen LogP contribution is 2.31. The molecule has 18 heavy (non-hydrogen) atoms. The summed E-state index contributed by atoms with van der Waals surface area (Å²) in [6, 6.07) is 3.37. The van der Waals surface area contributed by atoms with Crippen LogP contribution in [0.15, 0.2) is 24.5 Å². The maximum atomic E-state index is 12.1. The van der Waals surface area contributed by atoms with E-state index in [9.17, 15) is 9.90 Å². The molecule has 1 aliphatic carbocycles. The molecule has 2 N–H and O–H groups in total. The minimum atomic E-state index is -0.438. The van der Waals surface area contributed by atoms with Crippen LogP contribution in [0, 0.1) is 5.92 Å². The molecule has 1 saturated carbocycles. The first-order valence-corrected chi connectivity index (χ1v) is 6.49. The van der Waals surface area contributed by atoms with Crippen LogP contribution in [-0.4, -0.2) is 28.1 Å². The zero-order valence-electron chi connectivity index (χ0n) is 10.7.